The Hall–Kier alpha value is -0.860. The van der Waals surface area contributed by atoms with Gasteiger partial charge in [0.15, 0.2) is 0 Å². The van der Waals surface area contributed by atoms with Crippen molar-refractivity contribution in [2.24, 2.45) is 5.92 Å². The summed E-state index contributed by atoms with van der Waals surface area (Å²) < 4.78 is 27.0. The summed E-state index contributed by atoms with van der Waals surface area (Å²) in [6.07, 6.45) is 0. The van der Waals surface area contributed by atoms with Crippen LogP contribution in [-0.4, -0.2) is 62.3 Å². The summed E-state index contributed by atoms with van der Waals surface area (Å²) in [5.41, 5.74) is 0. The highest BCUT2D eigenvalue weighted by Crippen LogP contribution is 2.31. The lowest BCUT2D eigenvalue weighted by Crippen LogP contribution is -2.52. The highest BCUT2D eigenvalue weighted by Gasteiger charge is 2.32. The molecule has 6 nitrogen and oxygen atoms in total. The van der Waals surface area contributed by atoms with Crippen molar-refractivity contribution in [3.63, 3.8) is 0 Å². The second-order valence-electron chi connectivity index (χ2n) is 6.83. The van der Waals surface area contributed by atoms with E-state index in [-0.39, 0.29) is 46.5 Å². The molecule has 26 heavy (non-hydrogen) atoms. The van der Waals surface area contributed by atoms with Gasteiger partial charge in [-0.25, -0.2) is 8.42 Å². The van der Waals surface area contributed by atoms with Gasteiger partial charge in [-0.15, -0.1) is 0 Å². The van der Waals surface area contributed by atoms with Crippen LogP contribution in [0.1, 0.15) is 20.8 Å². The van der Waals surface area contributed by atoms with Gasteiger partial charge in [0.05, 0.1) is 16.6 Å². The third-order valence-electron chi connectivity index (χ3n) is 4.60. The Labute approximate surface area is 165 Å². The van der Waals surface area contributed by atoms with Crippen LogP contribution in [-0.2, 0) is 14.8 Å². The van der Waals surface area contributed by atoms with Gasteiger partial charge >= 0.3 is 0 Å². The van der Waals surface area contributed by atoms with Crippen molar-refractivity contribution < 1.29 is 13.2 Å². The van der Waals surface area contributed by atoms with E-state index in [0.29, 0.717) is 19.0 Å². The first-order valence-corrected chi connectivity index (χ1v) is 10.8. The van der Waals surface area contributed by atoms with Crippen molar-refractivity contribution in [1.29, 1.82) is 0 Å². The number of piperazine rings is 1. The SMILES string of the molecule is CC(C)[C@H](C)NC(=O)CN1CCN(S(=O)(=O)c2c(Cl)cccc2Cl)CC1. The quantitative estimate of drug-likeness (QED) is 0.765. The first-order valence-electron chi connectivity index (χ1n) is 8.58. The predicted octanol–water partition coefficient (Wildman–Crippen LogP) is 2.46. The molecule has 0 bridgehead atoms. The Balaban J connectivity index is 1.97. The van der Waals surface area contributed by atoms with Gasteiger partial charge in [0, 0.05) is 32.2 Å². The fraction of sp³-hybridized carbons (Fsp3) is 0.588. The average molecular weight is 422 g/mol. The number of nitrogens with one attached hydrogen (secondary N) is 1. The molecule has 0 unspecified atom stereocenters. The Morgan fingerprint density at radius 3 is 2.15 bits per heavy atom. The van der Waals surface area contributed by atoms with Crippen molar-refractivity contribution in [2.75, 3.05) is 32.7 Å². The Bertz CT molecular complexity index is 727. The maximum absolute atomic E-state index is 12.8. The highest BCUT2D eigenvalue weighted by atomic mass is 35.5. The summed E-state index contributed by atoms with van der Waals surface area (Å²) in [4.78, 5) is 14.0. The molecule has 1 aliphatic heterocycles. The van der Waals surface area contributed by atoms with Crippen LogP contribution in [0.15, 0.2) is 23.1 Å². The van der Waals surface area contributed by atoms with E-state index in [1.54, 1.807) is 6.07 Å². The van der Waals surface area contributed by atoms with E-state index in [9.17, 15) is 13.2 Å². The van der Waals surface area contributed by atoms with Gasteiger partial charge in [-0.3, -0.25) is 9.69 Å². The number of amides is 1. The van der Waals surface area contributed by atoms with Crippen molar-refractivity contribution in [3.05, 3.63) is 28.2 Å². The number of benzene rings is 1. The summed E-state index contributed by atoms with van der Waals surface area (Å²) in [7, 11) is -3.76. The molecule has 0 aliphatic carbocycles. The molecule has 0 aromatic heterocycles. The largest absolute Gasteiger partial charge is 0.352 e. The summed E-state index contributed by atoms with van der Waals surface area (Å²) in [6, 6.07) is 4.73. The zero-order valence-electron chi connectivity index (χ0n) is 15.2. The standard InChI is InChI=1S/C17H25Cl2N3O3S/c1-12(2)13(3)20-16(23)11-21-7-9-22(10-8-21)26(24,25)17-14(18)5-4-6-15(17)19/h4-6,12-13H,7-11H2,1-3H3,(H,20,23)/t13-/m0/s1. The van der Waals surface area contributed by atoms with Crippen LogP contribution in [0, 0.1) is 5.92 Å². The van der Waals surface area contributed by atoms with Crippen LogP contribution in [0.2, 0.25) is 10.0 Å². The van der Waals surface area contributed by atoms with Gasteiger partial charge in [0.1, 0.15) is 4.90 Å². The molecule has 1 amide bonds. The third-order valence-corrected chi connectivity index (χ3v) is 7.46. The van der Waals surface area contributed by atoms with Gasteiger partial charge in [-0.2, -0.15) is 4.31 Å². The first kappa shape index (κ1) is 21.4. The molecule has 1 aromatic rings. The molecule has 1 aliphatic rings. The molecule has 1 atom stereocenters. The monoisotopic (exact) mass is 421 g/mol. The minimum absolute atomic E-state index is 0.0448. The number of hydrogen-bond donors (Lipinski definition) is 1. The number of hydrogen-bond acceptors (Lipinski definition) is 4. The maximum atomic E-state index is 12.8. The average Bonchev–Trinajstić information content (AvgIpc) is 2.54. The summed E-state index contributed by atoms with van der Waals surface area (Å²) >= 11 is 12.1. The molecule has 0 saturated carbocycles. The topological polar surface area (TPSA) is 69.7 Å². The van der Waals surface area contributed by atoms with Crippen molar-refractivity contribution in [3.8, 4) is 0 Å². The lowest BCUT2D eigenvalue weighted by molar-refractivity contribution is -0.123. The van der Waals surface area contributed by atoms with Gasteiger partial charge in [-0.1, -0.05) is 43.1 Å². The number of carbonyl (C=O) groups excluding carboxylic acids is 1. The van der Waals surface area contributed by atoms with Crippen molar-refractivity contribution >= 4 is 39.1 Å². The molecular weight excluding hydrogens is 397 g/mol. The van der Waals surface area contributed by atoms with E-state index >= 15 is 0 Å². The minimum Gasteiger partial charge on any atom is -0.352 e. The van der Waals surface area contributed by atoms with E-state index in [4.69, 9.17) is 23.2 Å². The zero-order valence-corrected chi connectivity index (χ0v) is 17.5. The molecule has 2 rings (SSSR count). The third kappa shape index (κ3) is 5.10. The summed E-state index contributed by atoms with van der Waals surface area (Å²) in [5, 5.41) is 3.19. The van der Waals surface area contributed by atoms with Gasteiger partial charge < -0.3 is 5.32 Å². The molecule has 1 heterocycles. The van der Waals surface area contributed by atoms with E-state index in [0.717, 1.165) is 0 Å². The van der Waals surface area contributed by atoms with Crippen LogP contribution in [0.5, 0.6) is 0 Å². The second-order valence-corrected chi connectivity index (χ2v) is 9.52. The summed E-state index contributed by atoms with van der Waals surface area (Å²) in [5.74, 6) is 0.318. The zero-order chi connectivity index (χ0) is 19.5. The lowest BCUT2D eigenvalue weighted by Gasteiger charge is -2.34. The van der Waals surface area contributed by atoms with Gasteiger partial charge in [0.2, 0.25) is 15.9 Å². The number of nitrogens with zero attached hydrogens (tertiary/aromatic N) is 2. The van der Waals surface area contributed by atoms with E-state index in [2.05, 4.69) is 19.2 Å². The molecular formula is C17H25Cl2N3O3S. The molecule has 1 N–H and O–H groups in total. The molecule has 1 aromatic carbocycles. The smallest absolute Gasteiger partial charge is 0.246 e. The van der Waals surface area contributed by atoms with Crippen LogP contribution >= 0.6 is 23.2 Å². The first-order chi connectivity index (χ1) is 12.1. The Morgan fingerprint density at radius 2 is 1.65 bits per heavy atom. The van der Waals surface area contributed by atoms with Gasteiger partial charge in [0.25, 0.3) is 0 Å². The minimum atomic E-state index is -3.76. The fourth-order valence-electron chi connectivity index (χ4n) is 2.66. The molecule has 9 heteroatoms. The van der Waals surface area contributed by atoms with Crippen molar-refractivity contribution in [2.45, 2.75) is 31.7 Å². The fourth-order valence-corrected chi connectivity index (χ4v) is 5.17. The number of carbonyl (C=O) groups is 1. The summed E-state index contributed by atoms with van der Waals surface area (Å²) in [6.45, 7) is 7.87. The van der Waals surface area contributed by atoms with E-state index in [1.807, 2.05) is 11.8 Å². The van der Waals surface area contributed by atoms with Crippen LogP contribution in [0.4, 0.5) is 0 Å². The molecule has 1 fully saturated rings. The second kappa shape index (κ2) is 8.89. The number of sulfonamides is 1. The van der Waals surface area contributed by atoms with Crippen LogP contribution < -0.4 is 5.32 Å². The number of halogens is 2. The van der Waals surface area contributed by atoms with Crippen LogP contribution in [0.3, 0.4) is 0 Å². The van der Waals surface area contributed by atoms with Crippen LogP contribution in [0.25, 0.3) is 0 Å². The molecule has 1 saturated heterocycles. The molecule has 0 radical (unpaired) electrons. The normalized spacial score (nSPS) is 18.1. The molecule has 146 valence electrons. The maximum Gasteiger partial charge on any atom is 0.246 e. The highest BCUT2D eigenvalue weighted by molar-refractivity contribution is 7.89. The molecule has 0 spiro atoms. The number of rotatable bonds is 6. The lowest BCUT2D eigenvalue weighted by atomic mass is 10.1. The van der Waals surface area contributed by atoms with Crippen molar-refractivity contribution in [1.82, 2.24) is 14.5 Å². The van der Waals surface area contributed by atoms with E-state index < -0.39 is 10.0 Å². The predicted molar refractivity (Wildman–Crippen MR) is 104 cm³/mol. The Kier molecular flexibility index (Phi) is 7.33. The van der Waals surface area contributed by atoms with E-state index in [1.165, 1.54) is 16.4 Å². The Morgan fingerprint density at radius 1 is 1.12 bits per heavy atom. The van der Waals surface area contributed by atoms with Gasteiger partial charge in [-0.05, 0) is 25.0 Å².